The van der Waals surface area contributed by atoms with Crippen LogP contribution in [0.2, 0.25) is 0 Å². The van der Waals surface area contributed by atoms with Gasteiger partial charge < -0.3 is 4.74 Å². The van der Waals surface area contributed by atoms with E-state index in [1.165, 1.54) is 154 Å². The summed E-state index contributed by atoms with van der Waals surface area (Å²) in [6.45, 7) is 17.6. The van der Waals surface area contributed by atoms with Crippen LogP contribution >= 0.6 is 0 Å². The van der Waals surface area contributed by atoms with Crippen LogP contribution in [0.1, 0.15) is 195 Å². The van der Waals surface area contributed by atoms with Gasteiger partial charge >= 0.3 is 0 Å². The van der Waals surface area contributed by atoms with Crippen molar-refractivity contribution in [3.05, 3.63) is 24.7 Å². The second kappa shape index (κ2) is 28.3. The van der Waals surface area contributed by atoms with Crippen molar-refractivity contribution in [2.75, 3.05) is 0 Å². The number of allylic oxidation sites excluding steroid dienone is 2. The lowest BCUT2D eigenvalue weighted by Gasteiger charge is -2.11. The number of hydrogen-bond donors (Lipinski definition) is 0. The molecule has 0 unspecified atom stereocenters. The summed E-state index contributed by atoms with van der Waals surface area (Å²) in [6, 6.07) is 0. The lowest BCUT2D eigenvalue weighted by Crippen LogP contribution is -1.93. The molecule has 0 fully saturated rings. The molecule has 220 valence electrons. The number of rotatable bonds is 30. The van der Waals surface area contributed by atoms with Crippen molar-refractivity contribution in [3.8, 4) is 0 Å². The van der Waals surface area contributed by atoms with Gasteiger partial charge in [0, 0.05) is 12.8 Å². The Morgan fingerprint density at radius 2 is 0.595 bits per heavy atom. The molecule has 0 bridgehead atoms. The summed E-state index contributed by atoms with van der Waals surface area (Å²) in [5, 5.41) is 0. The smallest absolute Gasteiger partial charge is 0.0964 e. The van der Waals surface area contributed by atoms with Gasteiger partial charge in [-0.05, 0) is 24.7 Å². The van der Waals surface area contributed by atoms with Gasteiger partial charge in [-0.3, -0.25) is 0 Å². The maximum atomic E-state index is 5.89. The highest BCUT2D eigenvalue weighted by Gasteiger charge is 2.02. The van der Waals surface area contributed by atoms with Gasteiger partial charge in [-0.2, -0.15) is 0 Å². The maximum absolute atomic E-state index is 5.89. The fourth-order valence-corrected chi connectivity index (χ4v) is 5.24. The Balaban J connectivity index is 3.30. The average Bonchev–Trinajstić information content (AvgIpc) is 2.84. The van der Waals surface area contributed by atoms with E-state index >= 15 is 0 Å². The van der Waals surface area contributed by atoms with E-state index in [4.69, 9.17) is 4.74 Å². The van der Waals surface area contributed by atoms with E-state index in [1.807, 2.05) is 0 Å². The second-order valence-electron chi connectivity index (χ2n) is 12.8. The molecule has 0 saturated heterocycles. The molecule has 0 aromatic heterocycles. The van der Waals surface area contributed by atoms with Crippen molar-refractivity contribution >= 4 is 0 Å². The van der Waals surface area contributed by atoms with Crippen LogP contribution in [-0.2, 0) is 4.74 Å². The topological polar surface area (TPSA) is 9.23 Å². The highest BCUT2D eigenvalue weighted by atomic mass is 16.5. The van der Waals surface area contributed by atoms with Gasteiger partial charge in [0.05, 0.1) is 11.5 Å². The molecule has 0 aliphatic rings. The summed E-state index contributed by atoms with van der Waals surface area (Å²) in [5.41, 5.74) is 0. The van der Waals surface area contributed by atoms with Crippen molar-refractivity contribution in [2.45, 2.75) is 195 Å². The van der Waals surface area contributed by atoms with Gasteiger partial charge in [0.25, 0.3) is 0 Å². The zero-order valence-electron chi connectivity index (χ0n) is 26.4. The Kier molecular flexibility index (Phi) is 27.7. The molecule has 0 radical (unpaired) electrons. The molecular formula is C36H70O. The minimum Gasteiger partial charge on any atom is -0.467 e. The SMILES string of the molecule is C=C(CCCCCCCCCCCCCC(C)C)OC(=C)CCCCCCCCCCCCCC(C)C. The van der Waals surface area contributed by atoms with Crippen molar-refractivity contribution in [1.82, 2.24) is 0 Å². The summed E-state index contributed by atoms with van der Waals surface area (Å²) >= 11 is 0. The van der Waals surface area contributed by atoms with E-state index in [1.54, 1.807) is 0 Å². The van der Waals surface area contributed by atoms with Gasteiger partial charge in [-0.1, -0.05) is 182 Å². The molecular weight excluding hydrogens is 448 g/mol. The molecule has 0 heterocycles. The molecule has 0 amide bonds. The summed E-state index contributed by atoms with van der Waals surface area (Å²) < 4.78 is 5.89. The zero-order chi connectivity index (χ0) is 27.4. The Morgan fingerprint density at radius 3 is 0.838 bits per heavy atom. The lowest BCUT2D eigenvalue weighted by molar-refractivity contribution is 0.274. The predicted octanol–water partition coefficient (Wildman–Crippen LogP) is 13.5. The maximum Gasteiger partial charge on any atom is 0.0964 e. The number of unbranched alkanes of at least 4 members (excludes halogenated alkanes) is 20. The van der Waals surface area contributed by atoms with Crippen LogP contribution in [0.5, 0.6) is 0 Å². The van der Waals surface area contributed by atoms with Gasteiger partial charge in [0.2, 0.25) is 0 Å². The molecule has 1 nitrogen and oxygen atoms in total. The van der Waals surface area contributed by atoms with Crippen molar-refractivity contribution in [2.24, 2.45) is 11.8 Å². The summed E-state index contributed by atoms with van der Waals surface area (Å²) in [4.78, 5) is 0. The van der Waals surface area contributed by atoms with E-state index in [2.05, 4.69) is 40.9 Å². The van der Waals surface area contributed by atoms with E-state index in [0.29, 0.717) is 0 Å². The van der Waals surface area contributed by atoms with Crippen LogP contribution < -0.4 is 0 Å². The first-order valence-corrected chi connectivity index (χ1v) is 16.9. The minimum atomic E-state index is 0.876. The molecule has 0 aromatic rings. The Bertz CT molecular complexity index is 445. The molecule has 0 saturated carbocycles. The van der Waals surface area contributed by atoms with E-state index in [0.717, 1.165) is 36.2 Å². The first-order chi connectivity index (χ1) is 17.9. The molecule has 1 heteroatoms. The number of hydrogen-bond acceptors (Lipinski definition) is 1. The third-order valence-electron chi connectivity index (χ3n) is 7.76. The van der Waals surface area contributed by atoms with Gasteiger partial charge in [0.15, 0.2) is 0 Å². The fraction of sp³-hybridized carbons (Fsp3) is 0.889. The molecule has 0 atom stereocenters. The standard InChI is InChI=1S/C36H70O/c1-33(2)29-25-21-17-13-9-7-11-15-19-23-27-31-35(5)37-36(6)32-28-24-20-16-12-8-10-14-18-22-26-30-34(3)4/h33-34H,5-32H2,1-4H3. The van der Waals surface area contributed by atoms with Gasteiger partial charge in [-0.25, -0.2) is 0 Å². The van der Waals surface area contributed by atoms with Crippen LogP contribution in [0, 0.1) is 11.8 Å². The summed E-state index contributed by atoms with van der Waals surface area (Å²) in [5.74, 6) is 3.60. The largest absolute Gasteiger partial charge is 0.467 e. The second-order valence-corrected chi connectivity index (χ2v) is 12.8. The van der Waals surface area contributed by atoms with Crippen LogP contribution in [0.25, 0.3) is 0 Å². The Hall–Kier alpha value is -0.720. The average molecular weight is 519 g/mol. The van der Waals surface area contributed by atoms with E-state index in [-0.39, 0.29) is 0 Å². The van der Waals surface area contributed by atoms with Crippen LogP contribution in [-0.4, -0.2) is 0 Å². The van der Waals surface area contributed by atoms with Crippen LogP contribution in [0.3, 0.4) is 0 Å². The van der Waals surface area contributed by atoms with E-state index < -0.39 is 0 Å². The highest BCUT2D eigenvalue weighted by Crippen LogP contribution is 2.19. The third-order valence-corrected chi connectivity index (χ3v) is 7.76. The Labute approximate surface area is 235 Å². The monoisotopic (exact) mass is 519 g/mol. The van der Waals surface area contributed by atoms with Crippen LogP contribution in [0.4, 0.5) is 0 Å². The molecule has 37 heavy (non-hydrogen) atoms. The van der Waals surface area contributed by atoms with Crippen LogP contribution in [0.15, 0.2) is 24.7 Å². The molecule has 0 spiro atoms. The molecule has 0 aliphatic heterocycles. The number of ether oxygens (including phenoxy) is 1. The lowest BCUT2D eigenvalue weighted by atomic mass is 10.0. The van der Waals surface area contributed by atoms with Crippen molar-refractivity contribution < 1.29 is 4.74 Å². The summed E-state index contributed by atoms with van der Waals surface area (Å²) in [7, 11) is 0. The quantitative estimate of drug-likeness (QED) is 0.0678. The Morgan fingerprint density at radius 1 is 0.378 bits per heavy atom. The molecule has 0 rings (SSSR count). The highest BCUT2D eigenvalue weighted by molar-refractivity contribution is 4.93. The third kappa shape index (κ3) is 31.4. The molecule has 0 N–H and O–H groups in total. The molecule has 0 aliphatic carbocycles. The normalized spacial score (nSPS) is 11.5. The van der Waals surface area contributed by atoms with Gasteiger partial charge in [0.1, 0.15) is 0 Å². The first kappa shape index (κ1) is 36.3. The van der Waals surface area contributed by atoms with Gasteiger partial charge in [-0.15, -0.1) is 0 Å². The van der Waals surface area contributed by atoms with Crippen molar-refractivity contribution in [1.29, 1.82) is 0 Å². The molecule has 0 aromatic carbocycles. The minimum absolute atomic E-state index is 0.876. The fourth-order valence-electron chi connectivity index (χ4n) is 5.24. The van der Waals surface area contributed by atoms with Crippen molar-refractivity contribution in [3.63, 3.8) is 0 Å². The summed E-state index contributed by atoms with van der Waals surface area (Å²) in [6.07, 6.45) is 35.4. The predicted molar refractivity (Wildman–Crippen MR) is 169 cm³/mol. The zero-order valence-corrected chi connectivity index (χ0v) is 26.4. The first-order valence-electron chi connectivity index (χ1n) is 16.9. The van der Waals surface area contributed by atoms with E-state index in [9.17, 15) is 0 Å².